The first-order valence-electron chi connectivity index (χ1n) is 13.8. The zero-order valence-electron chi connectivity index (χ0n) is 25.7. The Morgan fingerprint density at radius 1 is 0.868 bits per heavy atom. The number of rotatable bonds is 10. The molecule has 0 heterocycles. The number of hydrogen-bond donors (Lipinski definition) is 2. The van der Waals surface area contributed by atoms with Gasteiger partial charge in [-0.15, -0.1) is 0 Å². The van der Waals surface area contributed by atoms with E-state index in [-0.39, 0.29) is 23.5 Å². The van der Waals surface area contributed by atoms with Crippen LogP contribution >= 0.6 is 0 Å². The van der Waals surface area contributed by atoms with Crippen LogP contribution in [0.15, 0.2) is 36.4 Å². The minimum atomic E-state index is -3.42. The van der Waals surface area contributed by atoms with Gasteiger partial charge in [0, 0.05) is 12.0 Å². The zero-order valence-corrected chi connectivity index (χ0v) is 26.6. The van der Waals surface area contributed by atoms with Crippen LogP contribution in [0.3, 0.4) is 0 Å². The van der Waals surface area contributed by atoms with E-state index in [1.807, 2.05) is 47.6 Å². The molecule has 2 aromatic rings. The van der Waals surface area contributed by atoms with Crippen LogP contribution in [-0.2, 0) is 22.0 Å². The number of nitrogens with one attached hydrogen (secondary N) is 1. The van der Waals surface area contributed by atoms with Crippen LogP contribution in [0.5, 0.6) is 5.75 Å². The van der Waals surface area contributed by atoms with Crippen LogP contribution in [0.4, 0.5) is 0 Å². The molecule has 2 aromatic carbocycles. The summed E-state index contributed by atoms with van der Waals surface area (Å²) in [5.41, 5.74) is 4.03. The maximum absolute atomic E-state index is 12.5. The standard InChI is InChI=1S/C32H51NO4S/c1-13-32(14-2,26-16-15-25(22(3)19-26)21-33-38(35,36)30(9,10)11)27-17-18-28(23(4)20-27)37-24(5)31(12,34)29(6,7)8/h15-20,24,33-34H,13-14,21H2,1-12H3. The fraction of sp³-hybridized carbons (Fsp3) is 0.625. The third kappa shape index (κ3) is 6.46. The molecule has 0 aromatic heterocycles. The molecule has 0 fully saturated rings. The number of sulfonamides is 1. The fourth-order valence-corrected chi connectivity index (χ4v) is 5.59. The van der Waals surface area contributed by atoms with E-state index in [9.17, 15) is 13.5 Å². The van der Waals surface area contributed by atoms with E-state index in [4.69, 9.17) is 4.74 Å². The second-order valence-corrected chi connectivity index (χ2v) is 15.5. The van der Waals surface area contributed by atoms with Crippen molar-refractivity contribution in [1.29, 1.82) is 0 Å². The summed E-state index contributed by atoms with van der Waals surface area (Å²) in [7, 11) is -3.42. The Kier molecular flexibility index (Phi) is 9.62. The highest BCUT2D eigenvalue weighted by Gasteiger charge is 2.42. The lowest BCUT2D eigenvalue weighted by atomic mass is 9.70. The summed E-state index contributed by atoms with van der Waals surface area (Å²) in [6, 6.07) is 12.8. The lowest BCUT2D eigenvalue weighted by Crippen LogP contribution is -2.51. The molecule has 0 aliphatic rings. The Balaban J connectivity index is 2.39. The van der Waals surface area contributed by atoms with Gasteiger partial charge in [0.25, 0.3) is 0 Å². The van der Waals surface area contributed by atoms with Gasteiger partial charge in [-0.25, -0.2) is 13.1 Å². The molecule has 2 atom stereocenters. The van der Waals surface area contributed by atoms with E-state index in [1.54, 1.807) is 20.8 Å². The summed E-state index contributed by atoms with van der Waals surface area (Å²) >= 11 is 0. The molecule has 5 nitrogen and oxygen atoms in total. The molecule has 2 unspecified atom stereocenters. The van der Waals surface area contributed by atoms with Gasteiger partial charge in [0.05, 0.1) is 4.75 Å². The SMILES string of the molecule is CCC(CC)(c1ccc(CNS(=O)(=O)C(C)(C)C)c(C)c1)c1ccc(OC(C)C(C)(O)C(C)(C)C)c(C)c1. The molecule has 0 amide bonds. The Hall–Kier alpha value is -1.89. The lowest BCUT2D eigenvalue weighted by molar-refractivity contribution is -0.112. The minimum absolute atomic E-state index is 0.181. The van der Waals surface area contributed by atoms with Crippen molar-refractivity contribution >= 4 is 10.0 Å². The largest absolute Gasteiger partial charge is 0.487 e. The Bertz CT molecular complexity index is 1210. The number of hydrogen-bond acceptors (Lipinski definition) is 4. The van der Waals surface area contributed by atoms with Gasteiger partial charge in [-0.2, -0.15) is 0 Å². The average molecular weight is 546 g/mol. The van der Waals surface area contributed by atoms with Crippen molar-refractivity contribution < 1.29 is 18.3 Å². The highest BCUT2D eigenvalue weighted by Crippen LogP contribution is 2.42. The van der Waals surface area contributed by atoms with E-state index < -0.39 is 20.4 Å². The van der Waals surface area contributed by atoms with Crippen molar-refractivity contribution in [3.8, 4) is 5.75 Å². The second-order valence-electron chi connectivity index (χ2n) is 13.0. The minimum Gasteiger partial charge on any atom is -0.487 e. The summed E-state index contributed by atoms with van der Waals surface area (Å²) in [5, 5.41) is 11.1. The Labute approximate surface area is 232 Å². The van der Waals surface area contributed by atoms with Crippen LogP contribution in [0.2, 0.25) is 0 Å². The van der Waals surface area contributed by atoms with Crippen LogP contribution < -0.4 is 9.46 Å². The average Bonchev–Trinajstić information content (AvgIpc) is 2.79. The molecule has 0 aliphatic heterocycles. The van der Waals surface area contributed by atoms with Crippen LogP contribution in [-0.4, -0.2) is 30.0 Å². The maximum Gasteiger partial charge on any atom is 0.216 e. The third-order valence-electron chi connectivity index (χ3n) is 8.70. The molecular formula is C32H51NO4S. The van der Waals surface area contributed by atoms with Gasteiger partial charge in [0.15, 0.2) is 0 Å². The van der Waals surface area contributed by atoms with E-state index in [1.165, 1.54) is 11.1 Å². The Morgan fingerprint density at radius 2 is 1.37 bits per heavy atom. The number of aliphatic hydroxyl groups is 1. The molecule has 0 radical (unpaired) electrons. The summed E-state index contributed by atoms with van der Waals surface area (Å²) in [6.45, 7) is 23.7. The Morgan fingerprint density at radius 3 is 1.79 bits per heavy atom. The summed E-state index contributed by atoms with van der Waals surface area (Å²) < 4.78 is 33.3. The van der Waals surface area contributed by atoms with Crippen molar-refractivity contribution in [2.45, 2.75) is 124 Å². The van der Waals surface area contributed by atoms with Crippen molar-refractivity contribution in [3.63, 3.8) is 0 Å². The van der Waals surface area contributed by atoms with Crippen LogP contribution in [0.1, 0.15) is 110 Å². The highest BCUT2D eigenvalue weighted by atomic mass is 32.2. The zero-order chi connectivity index (χ0) is 29.3. The topological polar surface area (TPSA) is 75.6 Å². The van der Waals surface area contributed by atoms with E-state index in [2.05, 4.69) is 55.8 Å². The molecule has 2 N–H and O–H groups in total. The fourth-order valence-electron chi connectivity index (χ4n) is 4.81. The van der Waals surface area contributed by atoms with Crippen LogP contribution in [0, 0.1) is 19.3 Å². The van der Waals surface area contributed by atoms with Crippen molar-refractivity contribution in [3.05, 3.63) is 64.2 Å². The normalized spacial score (nSPS) is 15.7. The van der Waals surface area contributed by atoms with E-state index in [0.717, 1.165) is 35.3 Å². The van der Waals surface area contributed by atoms with Gasteiger partial charge in [-0.05, 0) is 101 Å². The smallest absolute Gasteiger partial charge is 0.216 e. The summed E-state index contributed by atoms with van der Waals surface area (Å²) in [6.07, 6.45) is 1.47. The van der Waals surface area contributed by atoms with Crippen molar-refractivity contribution in [1.82, 2.24) is 4.72 Å². The van der Waals surface area contributed by atoms with Gasteiger partial charge in [0.1, 0.15) is 17.5 Å². The number of aryl methyl sites for hydroxylation is 2. The molecule has 0 spiro atoms. The molecule has 0 saturated heterocycles. The summed E-state index contributed by atoms with van der Waals surface area (Å²) in [5.74, 6) is 0.782. The van der Waals surface area contributed by atoms with Gasteiger partial charge in [-0.3, -0.25) is 0 Å². The highest BCUT2D eigenvalue weighted by molar-refractivity contribution is 7.90. The van der Waals surface area contributed by atoms with Crippen molar-refractivity contribution in [2.24, 2.45) is 5.41 Å². The number of benzene rings is 2. The second kappa shape index (κ2) is 11.3. The first-order chi connectivity index (χ1) is 17.2. The summed E-state index contributed by atoms with van der Waals surface area (Å²) in [4.78, 5) is 0. The first-order valence-corrected chi connectivity index (χ1v) is 15.3. The molecule has 0 bridgehead atoms. The maximum atomic E-state index is 12.5. The quantitative estimate of drug-likeness (QED) is 0.331. The van der Waals surface area contributed by atoms with Gasteiger partial charge >= 0.3 is 0 Å². The molecule has 6 heteroatoms. The number of ether oxygens (including phenoxy) is 1. The lowest BCUT2D eigenvalue weighted by Gasteiger charge is -2.41. The molecule has 38 heavy (non-hydrogen) atoms. The van der Waals surface area contributed by atoms with Gasteiger partial charge in [-0.1, -0.05) is 65.0 Å². The molecular weight excluding hydrogens is 494 g/mol. The third-order valence-corrected chi connectivity index (χ3v) is 10.8. The molecule has 0 saturated carbocycles. The monoisotopic (exact) mass is 545 g/mol. The molecule has 2 rings (SSSR count). The van der Waals surface area contributed by atoms with Crippen molar-refractivity contribution in [2.75, 3.05) is 0 Å². The molecule has 0 aliphatic carbocycles. The van der Waals surface area contributed by atoms with E-state index in [0.29, 0.717) is 0 Å². The first kappa shape index (κ1) is 32.3. The van der Waals surface area contributed by atoms with Gasteiger partial charge < -0.3 is 9.84 Å². The van der Waals surface area contributed by atoms with Crippen LogP contribution in [0.25, 0.3) is 0 Å². The van der Waals surface area contributed by atoms with Gasteiger partial charge in [0.2, 0.25) is 10.0 Å². The molecule has 214 valence electrons. The predicted molar refractivity (Wildman–Crippen MR) is 159 cm³/mol. The van der Waals surface area contributed by atoms with E-state index >= 15 is 0 Å². The predicted octanol–water partition coefficient (Wildman–Crippen LogP) is 7.19.